The lowest BCUT2D eigenvalue weighted by Crippen LogP contribution is -2.25. The third kappa shape index (κ3) is 4.84. The minimum atomic E-state index is -0.745. The average Bonchev–Trinajstić information content (AvgIpc) is 3.18. The highest BCUT2D eigenvalue weighted by Crippen LogP contribution is 2.24. The van der Waals surface area contributed by atoms with Gasteiger partial charge in [0.25, 0.3) is 0 Å². The van der Waals surface area contributed by atoms with Crippen LogP contribution in [0.4, 0.5) is 10.1 Å². The van der Waals surface area contributed by atoms with Crippen molar-refractivity contribution in [3.8, 4) is 5.75 Å². The first-order valence-electron chi connectivity index (χ1n) is 8.71. The van der Waals surface area contributed by atoms with Gasteiger partial charge in [-0.3, -0.25) is 5.41 Å². The number of phenolic OH excluding ortho intramolecular Hbond substituents is 1. The summed E-state index contributed by atoms with van der Waals surface area (Å²) in [5, 5.41) is 20.5. The van der Waals surface area contributed by atoms with Gasteiger partial charge in [-0.15, -0.1) is 0 Å². The van der Waals surface area contributed by atoms with Gasteiger partial charge < -0.3 is 15.7 Å². The number of nitrogens with zero attached hydrogens (tertiary/aromatic N) is 2. The summed E-state index contributed by atoms with van der Waals surface area (Å²) in [7, 11) is 0. The lowest BCUT2D eigenvalue weighted by Gasteiger charge is -2.17. The van der Waals surface area contributed by atoms with Gasteiger partial charge in [-0.1, -0.05) is 24.3 Å². The Kier molecular flexibility index (Phi) is 5.71. The maximum Gasteiger partial charge on any atom is 0.206 e. The van der Waals surface area contributed by atoms with E-state index in [0.29, 0.717) is 5.56 Å². The Labute approximate surface area is 157 Å². The molecule has 3 rings (SSSR count). The van der Waals surface area contributed by atoms with E-state index in [-0.39, 0.29) is 11.5 Å². The molecule has 0 radical (unpaired) electrons. The van der Waals surface area contributed by atoms with Crippen LogP contribution in [0.25, 0.3) is 12.2 Å². The Hall–Kier alpha value is -3.35. The Bertz CT molecular complexity index is 871. The number of rotatable bonds is 5. The number of benzene rings is 2. The van der Waals surface area contributed by atoms with E-state index in [4.69, 9.17) is 11.1 Å². The molecule has 140 valence electrons. The number of nitrogens with two attached hydrogens (primary N) is 1. The first kappa shape index (κ1) is 18.4. The minimum Gasteiger partial charge on any atom is -0.504 e. The van der Waals surface area contributed by atoms with Crippen molar-refractivity contribution in [2.24, 2.45) is 10.8 Å². The Morgan fingerprint density at radius 1 is 1.15 bits per heavy atom. The van der Waals surface area contributed by atoms with Gasteiger partial charge >= 0.3 is 0 Å². The van der Waals surface area contributed by atoms with Crippen LogP contribution in [0.5, 0.6) is 5.75 Å². The predicted octanol–water partition coefficient (Wildman–Crippen LogP) is 3.12. The van der Waals surface area contributed by atoms with Crippen LogP contribution in [0, 0.1) is 11.2 Å². The standard InChI is InChI=1S/C20H22FN5O/c21-18-12-15(11-16(19(18)27)13-24-25-20(22)23)4-3-14-5-7-17(8-6-14)26-9-1-2-10-26/h3-8,11-13,27H,1-2,9-10H2,(H4,22,23,25)/b4-3+,24-13?. The molecule has 5 N–H and O–H groups in total. The van der Waals surface area contributed by atoms with Gasteiger partial charge in [0.05, 0.1) is 6.21 Å². The van der Waals surface area contributed by atoms with Crippen molar-refractivity contribution in [3.05, 3.63) is 58.9 Å². The number of guanidine groups is 1. The first-order valence-corrected chi connectivity index (χ1v) is 8.71. The van der Waals surface area contributed by atoms with Crippen molar-refractivity contribution in [2.45, 2.75) is 12.8 Å². The van der Waals surface area contributed by atoms with Crippen molar-refractivity contribution in [1.82, 2.24) is 5.43 Å². The zero-order chi connectivity index (χ0) is 19.2. The highest BCUT2D eigenvalue weighted by molar-refractivity contribution is 5.86. The summed E-state index contributed by atoms with van der Waals surface area (Å²) < 4.78 is 13.9. The lowest BCUT2D eigenvalue weighted by molar-refractivity contribution is 0.431. The molecule has 2 aromatic carbocycles. The third-order valence-corrected chi connectivity index (χ3v) is 4.34. The van der Waals surface area contributed by atoms with Gasteiger partial charge in [0.15, 0.2) is 11.6 Å². The third-order valence-electron chi connectivity index (χ3n) is 4.34. The normalized spacial score (nSPS) is 14.3. The monoisotopic (exact) mass is 367 g/mol. The number of hydrogen-bond acceptors (Lipinski definition) is 4. The molecule has 1 saturated heterocycles. The number of anilines is 1. The summed E-state index contributed by atoms with van der Waals surface area (Å²) in [5.74, 6) is -1.60. The topological polar surface area (TPSA) is 97.7 Å². The molecule has 1 aliphatic rings. The smallest absolute Gasteiger partial charge is 0.206 e. The number of halogens is 1. The van der Waals surface area contributed by atoms with E-state index in [1.165, 1.54) is 30.8 Å². The van der Waals surface area contributed by atoms with Crippen molar-refractivity contribution in [3.63, 3.8) is 0 Å². The molecule has 0 saturated carbocycles. The van der Waals surface area contributed by atoms with Gasteiger partial charge in [0.1, 0.15) is 0 Å². The molecule has 7 heteroatoms. The number of nitrogens with one attached hydrogen (secondary N) is 2. The van der Waals surface area contributed by atoms with Crippen LogP contribution < -0.4 is 16.1 Å². The Morgan fingerprint density at radius 2 is 1.81 bits per heavy atom. The molecule has 0 spiro atoms. The van der Waals surface area contributed by atoms with Crippen molar-refractivity contribution >= 4 is 30.0 Å². The van der Waals surface area contributed by atoms with Crippen LogP contribution in [0.15, 0.2) is 41.5 Å². The summed E-state index contributed by atoms with van der Waals surface area (Å²) in [6.07, 6.45) is 7.34. The summed E-state index contributed by atoms with van der Waals surface area (Å²) in [6.45, 7) is 2.20. The first-order chi connectivity index (χ1) is 13.0. The van der Waals surface area contributed by atoms with Crippen LogP contribution in [0.1, 0.15) is 29.5 Å². The Morgan fingerprint density at radius 3 is 2.48 bits per heavy atom. The number of phenols is 1. The quantitative estimate of drug-likeness (QED) is 0.282. The Balaban J connectivity index is 1.75. The van der Waals surface area contributed by atoms with Crippen LogP contribution in [-0.4, -0.2) is 30.4 Å². The van der Waals surface area contributed by atoms with Gasteiger partial charge in [-0.05, 0) is 48.2 Å². The zero-order valence-corrected chi connectivity index (χ0v) is 14.8. The van der Waals surface area contributed by atoms with Gasteiger partial charge in [0.2, 0.25) is 5.96 Å². The fourth-order valence-electron chi connectivity index (χ4n) is 2.97. The number of aromatic hydroxyl groups is 1. The largest absolute Gasteiger partial charge is 0.504 e. The van der Waals surface area contributed by atoms with E-state index in [1.54, 1.807) is 12.1 Å². The molecular weight excluding hydrogens is 345 g/mol. The molecular formula is C20H22FN5O. The van der Waals surface area contributed by atoms with Crippen LogP contribution in [-0.2, 0) is 0 Å². The maximum atomic E-state index is 13.9. The molecule has 1 aliphatic heterocycles. The summed E-state index contributed by atoms with van der Waals surface area (Å²) in [4.78, 5) is 2.36. The molecule has 0 unspecified atom stereocenters. The number of hydrazone groups is 1. The molecule has 27 heavy (non-hydrogen) atoms. The molecule has 1 heterocycles. The van der Waals surface area contributed by atoms with E-state index in [0.717, 1.165) is 18.7 Å². The van der Waals surface area contributed by atoms with Crippen LogP contribution in [0.3, 0.4) is 0 Å². The molecule has 0 bridgehead atoms. The molecule has 0 aliphatic carbocycles. The fraction of sp³-hybridized carbons (Fsp3) is 0.200. The molecule has 6 nitrogen and oxygen atoms in total. The van der Waals surface area contributed by atoms with E-state index < -0.39 is 11.6 Å². The van der Waals surface area contributed by atoms with Crippen molar-refractivity contribution < 1.29 is 9.50 Å². The molecule has 0 amide bonds. The summed E-state index contributed by atoms with van der Waals surface area (Å²) >= 11 is 0. The average molecular weight is 367 g/mol. The highest BCUT2D eigenvalue weighted by atomic mass is 19.1. The fourth-order valence-corrected chi connectivity index (χ4v) is 2.97. The summed E-state index contributed by atoms with van der Waals surface area (Å²) in [6, 6.07) is 11.1. The predicted molar refractivity (Wildman–Crippen MR) is 108 cm³/mol. The van der Waals surface area contributed by atoms with Crippen LogP contribution in [0.2, 0.25) is 0 Å². The molecule has 0 aromatic heterocycles. The second-order valence-corrected chi connectivity index (χ2v) is 6.34. The number of hydrogen-bond donors (Lipinski definition) is 4. The lowest BCUT2D eigenvalue weighted by atomic mass is 10.1. The summed E-state index contributed by atoms with van der Waals surface area (Å²) in [5.41, 5.74) is 10.3. The minimum absolute atomic E-state index is 0.188. The SMILES string of the molecule is N=C(N)NN=Cc1cc(/C=C/c2ccc(N3CCCC3)cc2)cc(F)c1O. The van der Waals surface area contributed by atoms with Crippen molar-refractivity contribution in [1.29, 1.82) is 5.41 Å². The van der Waals surface area contributed by atoms with E-state index in [1.807, 2.05) is 18.2 Å². The van der Waals surface area contributed by atoms with Gasteiger partial charge in [-0.2, -0.15) is 5.10 Å². The van der Waals surface area contributed by atoms with Crippen molar-refractivity contribution in [2.75, 3.05) is 18.0 Å². The van der Waals surface area contributed by atoms with Gasteiger partial charge in [-0.25, -0.2) is 9.82 Å². The second kappa shape index (κ2) is 8.35. The second-order valence-electron chi connectivity index (χ2n) is 6.34. The molecule has 2 aromatic rings. The van der Waals surface area contributed by atoms with Crippen LogP contribution >= 0.6 is 0 Å². The van der Waals surface area contributed by atoms with E-state index in [9.17, 15) is 9.50 Å². The van der Waals surface area contributed by atoms with E-state index in [2.05, 4.69) is 27.6 Å². The maximum absolute atomic E-state index is 13.9. The van der Waals surface area contributed by atoms with E-state index >= 15 is 0 Å². The highest BCUT2D eigenvalue weighted by Gasteiger charge is 2.11. The molecule has 1 fully saturated rings. The zero-order valence-electron chi connectivity index (χ0n) is 14.8. The molecule has 0 atom stereocenters. The van der Waals surface area contributed by atoms with Gasteiger partial charge in [0, 0.05) is 24.3 Å².